The minimum Gasteiger partial charge on any atom is -0.497 e. The Labute approximate surface area is 336 Å². The fourth-order valence-electron chi connectivity index (χ4n) is 6.22. The summed E-state index contributed by atoms with van der Waals surface area (Å²) in [7, 11) is -6.06. The molecule has 0 bridgehead atoms. The van der Waals surface area contributed by atoms with Gasteiger partial charge >= 0.3 is 0 Å². The summed E-state index contributed by atoms with van der Waals surface area (Å²) in [6.45, 7) is 6.30. The van der Waals surface area contributed by atoms with Gasteiger partial charge in [-0.3, -0.25) is 0 Å². The van der Waals surface area contributed by atoms with Crippen LogP contribution >= 0.6 is 0 Å². The quantitative estimate of drug-likeness (QED) is 0.0845. The van der Waals surface area contributed by atoms with E-state index < -0.39 is 32.8 Å². The number of hydrogen-bond acceptors (Lipinski definition) is 10. The molecule has 0 radical (unpaired) electrons. The molecule has 15 heteroatoms. The zero-order valence-corrected chi connectivity index (χ0v) is 35.5. The molecular formula is C42H47N5O7S2Si. The van der Waals surface area contributed by atoms with Gasteiger partial charge in [0.05, 0.1) is 44.1 Å². The lowest BCUT2D eigenvalue weighted by molar-refractivity contribution is 0.396. The normalized spacial score (nSPS) is 12.1. The van der Waals surface area contributed by atoms with E-state index in [1.807, 2.05) is 54.6 Å². The first kappa shape index (κ1) is 41.3. The average molecular weight is 826 g/mol. The van der Waals surface area contributed by atoms with Crippen LogP contribution < -0.4 is 14.2 Å². The number of rotatable bonds is 17. The fraction of sp³-hybridized carbons (Fsp3) is 0.262. The molecule has 0 aliphatic heterocycles. The van der Waals surface area contributed by atoms with Gasteiger partial charge in [-0.25, -0.2) is 16.8 Å². The molecule has 0 aliphatic rings. The van der Waals surface area contributed by atoms with Crippen LogP contribution in [-0.2, 0) is 39.5 Å². The van der Waals surface area contributed by atoms with Gasteiger partial charge in [0.2, 0.25) is 15.8 Å². The molecule has 0 saturated heterocycles. The van der Waals surface area contributed by atoms with Gasteiger partial charge in [-0.05, 0) is 81.5 Å². The molecule has 0 atom stereocenters. The molecule has 1 heterocycles. The number of hydrogen-bond donors (Lipinski definition) is 0. The average Bonchev–Trinajstić information content (AvgIpc) is 3.68. The van der Waals surface area contributed by atoms with Crippen molar-refractivity contribution in [1.29, 1.82) is 0 Å². The highest BCUT2D eigenvalue weighted by Crippen LogP contribution is 2.42. The summed E-state index contributed by atoms with van der Waals surface area (Å²) < 4.78 is 78.0. The molecule has 298 valence electrons. The van der Waals surface area contributed by atoms with Crippen molar-refractivity contribution in [3.63, 3.8) is 0 Å². The summed E-state index contributed by atoms with van der Waals surface area (Å²) in [6.07, 6.45) is 0. The number of ether oxygens (including phenoxy) is 3. The lowest BCUT2D eigenvalue weighted by Crippen LogP contribution is -2.32. The van der Waals surface area contributed by atoms with Crippen LogP contribution in [0, 0.1) is 0 Å². The van der Waals surface area contributed by atoms with Gasteiger partial charge in [0, 0.05) is 21.2 Å². The van der Waals surface area contributed by atoms with E-state index in [9.17, 15) is 8.42 Å². The lowest BCUT2D eigenvalue weighted by atomic mass is 9.99. The highest BCUT2D eigenvalue weighted by molar-refractivity contribution is 7.93. The standard InChI is InChI=1S/C42H47N5O7S2Si/c1-52-35-18-12-31(13-19-35)28-46(29-32-14-20-36(53-2)21-15-32)56(50,51)41-39(55(48,49)26-27-57(4,5)6)25-24-38(34-10-8-7-9-11-34)40(41)42-43-45-47(44-42)30-33-16-22-37(54-3)23-17-33/h7-25H,26-30H2,1-6H3. The second-order valence-corrected chi connectivity index (χ2v) is 24.3. The van der Waals surface area contributed by atoms with Crippen molar-refractivity contribution < 1.29 is 31.0 Å². The second-order valence-electron chi connectivity index (χ2n) is 14.8. The zero-order chi connectivity index (χ0) is 40.8. The minimum absolute atomic E-state index is 0.0305. The fourth-order valence-corrected chi connectivity index (χ4v) is 13.0. The largest absolute Gasteiger partial charge is 0.497 e. The number of tetrazole rings is 1. The van der Waals surface area contributed by atoms with Crippen molar-refractivity contribution >= 4 is 27.9 Å². The molecule has 0 amide bonds. The smallest absolute Gasteiger partial charge is 0.245 e. The van der Waals surface area contributed by atoms with Crippen molar-refractivity contribution in [1.82, 2.24) is 24.5 Å². The summed E-state index contributed by atoms with van der Waals surface area (Å²) in [4.78, 5) is 0.656. The summed E-state index contributed by atoms with van der Waals surface area (Å²) in [5.41, 5.74) is 3.32. The topological polar surface area (TPSA) is 143 Å². The number of sulfone groups is 1. The van der Waals surface area contributed by atoms with Crippen LogP contribution in [0.15, 0.2) is 125 Å². The summed E-state index contributed by atoms with van der Waals surface area (Å²) in [6, 6.07) is 34.2. The first-order chi connectivity index (χ1) is 27.2. The third kappa shape index (κ3) is 9.97. The first-order valence-corrected chi connectivity index (χ1v) is 25.1. The molecule has 0 fully saturated rings. The van der Waals surface area contributed by atoms with Gasteiger partial charge in [0.25, 0.3) is 0 Å². The van der Waals surface area contributed by atoms with Crippen molar-refractivity contribution in [3.05, 3.63) is 132 Å². The highest BCUT2D eigenvalue weighted by atomic mass is 32.2. The Hall–Kier alpha value is -5.35. The molecule has 0 saturated carbocycles. The molecule has 0 aliphatic carbocycles. The zero-order valence-electron chi connectivity index (χ0n) is 32.9. The van der Waals surface area contributed by atoms with Crippen LogP contribution in [0.3, 0.4) is 0 Å². The molecule has 12 nitrogen and oxygen atoms in total. The Balaban J connectivity index is 1.60. The van der Waals surface area contributed by atoms with E-state index in [1.54, 1.807) is 75.9 Å². The third-order valence-corrected chi connectivity index (χ3v) is 15.3. The van der Waals surface area contributed by atoms with E-state index in [0.29, 0.717) is 45.5 Å². The number of sulfonamides is 1. The van der Waals surface area contributed by atoms with E-state index in [2.05, 4.69) is 30.0 Å². The number of nitrogens with zero attached hydrogens (tertiary/aromatic N) is 5. The Morgan fingerprint density at radius 1 is 0.649 bits per heavy atom. The maximum absolute atomic E-state index is 15.7. The van der Waals surface area contributed by atoms with Crippen LogP contribution in [-0.4, -0.2) is 76.5 Å². The van der Waals surface area contributed by atoms with Crippen molar-refractivity contribution in [2.45, 2.75) is 55.1 Å². The van der Waals surface area contributed by atoms with E-state index in [4.69, 9.17) is 19.3 Å². The highest BCUT2D eigenvalue weighted by Gasteiger charge is 2.38. The summed E-state index contributed by atoms with van der Waals surface area (Å²) >= 11 is 0. The third-order valence-electron chi connectivity index (χ3n) is 9.46. The molecule has 0 N–H and O–H groups in total. The van der Waals surface area contributed by atoms with E-state index >= 15 is 8.42 Å². The minimum atomic E-state index is -4.69. The van der Waals surface area contributed by atoms with Gasteiger partial charge in [-0.2, -0.15) is 9.10 Å². The van der Waals surface area contributed by atoms with E-state index in [1.165, 1.54) is 15.2 Å². The number of benzene rings is 5. The number of aromatic nitrogens is 4. The molecule has 6 aromatic rings. The van der Waals surface area contributed by atoms with Crippen molar-refractivity contribution in [3.8, 4) is 39.8 Å². The Bertz CT molecular complexity index is 2460. The molecule has 1 aromatic heterocycles. The second kappa shape index (κ2) is 17.4. The van der Waals surface area contributed by atoms with Gasteiger partial charge in [0.15, 0.2) is 9.84 Å². The lowest BCUT2D eigenvalue weighted by Gasteiger charge is -2.26. The number of methoxy groups -OCH3 is 3. The van der Waals surface area contributed by atoms with Crippen molar-refractivity contribution in [2.75, 3.05) is 27.1 Å². The van der Waals surface area contributed by atoms with Crippen LogP contribution in [0.2, 0.25) is 25.7 Å². The van der Waals surface area contributed by atoms with Crippen LogP contribution in [0.5, 0.6) is 17.2 Å². The van der Waals surface area contributed by atoms with Crippen LogP contribution in [0.25, 0.3) is 22.5 Å². The molecule has 6 rings (SSSR count). The van der Waals surface area contributed by atoms with Crippen molar-refractivity contribution in [2.24, 2.45) is 0 Å². The molecule has 5 aromatic carbocycles. The Kier molecular flexibility index (Phi) is 12.6. The van der Waals surface area contributed by atoms with E-state index in [0.717, 1.165) is 5.56 Å². The van der Waals surface area contributed by atoms with Gasteiger partial charge in [0.1, 0.15) is 22.1 Å². The Morgan fingerprint density at radius 3 is 1.65 bits per heavy atom. The van der Waals surface area contributed by atoms with E-state index in [-0.39, 0.29) is 41.7 Å². The van der Waals surface area contributed by atoms with Gasteiger partial charge < -0.3 is 14.2 Å². The molecule has 0 unspecified atom stereocenters. The molecular weight excluding hydrogens is 779 g/mol. The molecule has 57 heavy (non-hydrogen) atoms. The first-order valence-electron chi connectivity index (χ1n) is 18.3. The maximum atomic E-state index is 15.7. The van der Waals surface area contributed by atoms with Crippen LogP contribution in [0.4, 0.5) is 0 Å². The summed E-state index contributed by atoms with van der Waals surface area (Å²) in [5, 5.41) is 13.5. The summed E-state index contributed by atoms with van der Waals surface area (Å²) in [5.74, 6) is 1.66. The molecule has 0 spiro atoms. The maximum Gasteiger partial charge on any atom is 0.245 e. The predicted molar refractivity (Wildman–Crippen MR) is 223 cm³/mol. The Morgan fingerprint density at radius 2 is 1.16 bits per heavy atom. The SMILES string of the molecule is COc1ccc(CN(Cc2ccc(OC)cc2)S(=O)(=O)c2c(S(=O)(=O)CC[Si](C)(C)C)ccc(-c3ccccc3)c2-c2nnn(Cc3ccc(OC)cc3)n2)cc1. The predicted octanol–water partition coefficient (Wildman–Crippen LogP) is 7.58. The van der Waals surface area contributed by atoms with Gasteiger partial charge in [-0.1, -0.05) is 92.4 Å². The monoisotopic (exact) mass is 825 g/mol. The van der Waals surface area contributed by atoms with Gasteiger partial charge in [-0.15, -0.1) is 10.2 Å². The van der Waals surface area contributed by atoms with Crippen LogP contribution in [0.1, 0.15) is 16.7 Å².